The Morgan fingerprint density at radius 2 is 2.05 bits per heavy atom. The molecule has 0 bridgehead atoms. The van der Waals surface area contributed by atoms with Gasteiger partial charge in [0.05, 0.1) is 6.61 Å². The van der Waals surface area contributed by atoms with Crippen LogP contribution in [0, 0.1) is 0 Å². The van der Waals surface area contributed by atoms with Crippen molar-refractivity contribution in [3.8, 4) is 0 Å². The number of halogens is 1. The zero-order chi connectivity index (χ0) is 16.6. The number of benzene rings is 1. The molecule has 0 saturated heterocycles. The van der Waals surface area contributed by atoms with Crippen LogP contribution in [0.15, 0.2) is 48.6 Å². The number of allylic oxidation sites excluding steroid dienone is 2. The van der Waals surface area contributed by atoms with E-state index in [1.807, 2.05) is 51.1 Å². The molecule has 1 atom stereocenters. The van der Waals surface area contributed by atoms with Crippen LogP contribution in [-0.4, -0.2) is 23.1 Å². The van der Waals surface area contributed by atoms with E-state index in [1.165, 1.54) is 5.56 Å². The Hall–Kier alpha value is -1.19. The zero-order valence-electron chi connectivity index (χ0n) is 13.4. The van der Waals surface area contributed by atoms with Crippen molar-refractivity contribution >= 4 is 29.3 Å². The minimum absolute atomic E-state index is 0.211. The van der Waals surface area contributed by atoms with E-state index in [2.05, 4.69) is 6.58 Å². The van der Waals surface area contributed by atoms with Gasteiger partial charge in [-0.2, -0.15) is 0 Å². The lowest BCUT2D eigenvalue weighted by molar-refractivity contribution is -0.144. The molecule has 0 aliphatic carbocycles. The predicted molar refractivity (Wildman–Crippen MR) is 96.6 cm³/mol. The summed E-state index contributed by atoms with van der Waals surface area (Å²) >= 11 is 7.47. The van der Waals surface area contributed by atoms with Gasteiger partial charge in [-0.25, -0.2) is 0 Å². The van der Waals surface area contributed by atoms with Crippen molar-refractivity contribution in [3.05, 3.63) is 59.2 Å². The molecule has 22 heavy (non-hydrogen) atoms. The number of aryl methyl sites for hydroxylation is 1. The number of ether oxygens (including phenoxy) is 1. The van der Waals surface area contributed by atoms with Crippen molar-refractivity contribution < 1.29 is 9.53 Å². The van der Waals surface area contributed by atoms with Crippen LogP contribution in [0.4, 0.5) is 0 Å². The first-order valence-electron chi connectivity index (χ1n) is 7.29. The number of carbonyl (C=O) groups is 1. The summed E-state index contributed by atoms with van der Waals surface area (Å²) < 4.78 is 4.52. The molecule has 0 fully saturated rings. The summed E-state index contributed by atoms with van der Waals surface area (Å²) in [5, 5.41) is 0.734. The molecule has 0 N–H and O–H groups in total. The normalized spacial score (nSPS) is 14.3. The van der Waals surface area contributed by atoms with Gasteiger partial charge in [-0.15, -0.1) is 11.8 Å². The fourth-order valence-corrected chi connectivity index (χ4v) is 3.29. The van der Waals surface area contributed by atoms with E-state index in [4.69, 9.17) is 16.3 Å². The standard InChI is InChI=1S/C18H23ClO2S/c1-5-14(3)13-18(4,17(20)21-6-2)22-12-11-15-7-9-16(19)10-8-15/h5,7-10,13H,1,6,11-12H2,2-4H3. The predicted octanol–water partition coefficient (Wildman–Crippen LogP) is 5.07. The maximum absolute atomic E-state index is 12.3. The molecule has 120 valence electrons. The molecule has 0 amide bonds. The molecule has 0 saturated carbocycles. The van der Waals surface area contributed by atoms with Crippen LogP contribution in [0.2, 0.25) is 5.02 Å². The molecule has 2 nitrogen and oxygen atoms in total. The zero-order valence-corrected chi connectivity index (χ0v) is 15.0. The maximum Gasteiger partial charge on any atom is 0.325 e. The van der Waals surface area contributed by atoms with Gasteiger partial charge in [0.1, 0.15) is 4.75 Å². The van der Waals surface area contributed by atoms with Gasteiger partial charge in [0.15, 0.2) is 0 Å². The number of hydrogen-bond donors (Lipinski definition) is 0. The first-order valence-corrected chi connectivity index (χ1v) is 8.65. The van der Waals surface area contributed by atoms with E-state index in [9.17, 15) is 4.79 Å². The monoisotopic (exact) mass is 338 g/mol. The Labute approximate surface area is 142 Å². The molecule has 0 radical (unpaired) electrons. The summed E-state index contributed by atoms with van der Waals surface area (Å²) in [7, 11) is 0. The third-order valence-electron chi connectivity index (χ3n) is 3.21. The molecule has 0 aromatic heterocycles. The van der Waals surface area contributed by atoms with Crippen molar-refractivity contribution in [3.63, 3.8) is 0 Å². The molecule has 0 aliphatic heterocycles. The summed E-state index contributed by atoms with van der Waals surface area (Å²) in [6, 6.07) is 7.78. The van der Waals surface area contributed by atoms with Crippen molar-refractivity contribution in [2.45, 2.75) is 31.9 Å². The van der Waals surface area contributed by atoms with Crippen molar-refractivity contribution in [2.75, 3.05) is 12.4 Å². The third-order valence-corrected chi connectivity index (χ3v) is 4.76. The van der Waals surface area contributed by atoms with Crippen LogP contribution in [0.5, 0.6) is 0 Å². The van der Waals surface area contributed by atoms with Gasteiger partial charge in [-0.3, -0.25) is 4.79 Å². The third kappa shape index (κ3) is 5.90. The van der Waals surface area contributed by atoms with Gasteiger partial charge in [0.2, 0.25) is 0 Å². The second-order valence-corrected chi connectivity index (χ2v) is 7.13. The highest BCUT2D eigenvalue weighted by atomic mass is 35.5. The van der Waals surface area contributed by atoms with Crippen molar-refractivity contribution in [2.24, 2.45) is 0 Å². The molecular formula is C18H23ClO2S. The first kappa shape index (κ1) is 18.9. The molecule has 1 aromatic carbocycles. The van der Waals surface area contributed by atoms with Crippen LogP contribution >= 0.6 is 23.4 Å². The lowest BCUT2D eigenvalue weighted by Gasteiger charge is -2.24. The number of esters is 1. The van der Waals surface area contributed by atoms with E-state index in [-0.39, 0.29) is 5.97 Å². The van der Waals surface area contributed by atoms with E-state index in [0.29, 0.717) is 6.61 Å². The minimum Gasteiger partial charge on any atom is -0.465 e. The molecule has 0 spiro atoms. The SMILES string of the molecule is C=CC(C)=CC(C)(SCCc1ccc(Cl)cc1)C(=O)OCC. The number of carbonyl (C=O) groups excluding carboxylic acids is 1. The lowest BCUT2D eigenvalue weighted by atomic mass is 10.1. The number of thioether (sulfide) groups is 1. The smallest absolute Gasteiger partial charge is 0.325 e. The second-order valence-electron chi connectivity index (χ2n) is 5.14. The van der Waals surface area contributed by atoms with E-state index in [1.54, 1.807) is 17.8 Å². The Kier molecular flexibility index (Phi) is 7.77. The molecule has 4 heteroatoms. The topological polar surface area (TPSA) is 26.3 Å². The highest BCUT2D eigenvalue weighted by Crippen LogP contribution is 2.30. The minimum atomic E-state index is -0.694. The van der Waals surface area contributed by atoms with Gasteiger partial charge in [0, 0.05) is 5.02 Å². The molecular weight excluding hydrogens is 316 g/mol. The number of hydrogen-bond acceptors (Lipinski definition) is 3. The Bertz CT molecular complexity index is 537. The Balaban J connectivity index is 2.74. The maximum atomic E-state index is 12.3. The van der Waals surface area contributed by atoms with Crippen molar-refractivity contribution in [1.29, 1.82) is 0 Å². The average Bonchev–Trinajstić information content (AvgIpc) is 2.49. The van der Waals surface area contributed by atoms with Crippen LogP contribution in [-0.2, 0) is 16.0 Å². The van der Waals surface area contributed by atoms with Gasteiger partial charge in [-0.05, 0) is 50.6 Å². The van der Waals surface area contributed by atoms with Crippen LogP contribution < -0.4 is 0 Å². The fraction of sp³-hybridized carbons (Fsp3) is 0.389. The van der Waals surface area contributed by atoms with E-state index < -0.39 is 4.75 Å². The van der Waals surface area contributed by atoms with Gasteiger partial charge < -0.3 is 4.74 Å². The largest absolute Gasteiger partial charge is 0.465 e. The lowest BCUT2D eigenvalue weighted by Crippen LogP contribution is -2.32. The quantitative estimate of drug-likeness (QED) is 0.489. The highest BCUT2D eigenvalue weighted by Gasteiger charge is 2.32. The highest BCUT2D eigenvalue weighted by molar-refractivity contribution is 8.01. The summed E-state index contributed by atoms with van der Waals surface area (Å²) in [5.74, 6) is 0.607. The Morgan fingerprint density at radius 1 is 1.41 bits per heavy atom. The van der Waals surface area contributed by atoms with Gasteiger partial charge >= 0.3 is 5.97 Å². The average molecular weight is 339 g/mol. The summed E-state index contributed by atoms with van der Waals surface area (Å²) in [5.41, 5.74) is 2.17. The second kappa shape index (κ2) is 9.06. The first-order chi connectivity index (χ1) is 10.4. The van der Waals surface area contributed by atoms with Gasteiger partial charge in [0.25, 0.3) is 0 Å². The molecule has 0 heterocycles. The fourth-order valence-electron chi connectivity index (χ4n) is 1.96. The van der Waals surface area contributed by atoms with Crippen molar-refractivity contribution in [1.82, 2.24) is 0 Å². The molecule has 0 aliphatic rings. The van der Waals surface area contributed by atoms with Crippen LogP contribution in [0.1, 0.15) is 26.3 Å². The van der Waals surface area contributed by atoms with E-state index >= 15 is 0 Å². The summed E-state index contributed by atoms with van der Waals surface area (Å²) in [6.45, 7) is 9.77. The Morgan fingerprint density at radius 3 is 2.59 bits per heavy atom. The number of rotatable bonds is 8. The molecule has 1 unspecified atom stereocenters. The van der Waals surface area contributed by atoms with Crippen LogP contribution in [0.3, 0.4) is 0 Å². The molecule has 1 aromatic rings. The summed E-state index contributed by atoms with van der Waals surface area (Å²) in [6.07, 6.45) is 4.54. The van der Waals surface area contributed by atoms with Crippen LogP contribution in [0.25, 0.3) is 0 Å². The molecule has 1 rings (SSSR count). The van der Waals surface area contributed by atoms with E-state index in [0.717, 1.165) is 22.8 Å². The summed E-state index contributed by atoms with van der Waals surface area (Å²) in [4.78, 5) is 12.3. The van der Waals surface area contributed by atoms with Gasteiger partial charge in [-0.1, -0.05) is 48.0 Å².